The van der Waals surface area contributed by atoms with Crippen molar-refractivity contribution >= 4 is 34.5 Å². The van der Waals surface area contributed by atoms with Gasteiger partial charge < -0.3 is 10.4 Å². The summed E-state index contributed by atoms with van der Waals surface area (Å²) in [6, 6.07) is 5.16. The van der Waals surface area contributed by atoms with Crippen molar-refractivity contribution in [2.75, 3.05) is 6.54 Å². The quantitative estimate of drug-likeness (QED) is 0.881. The summed E-state index contributed by atoms with van der Waals surface area (Å²) in [7, 11) is 0. The van der Waals surface area contributed by atoms with Crippen molar-refractivity contribution in [1.29, 1.82) is 0 Å². The Labute approximate surface area is 126 Å². The lowest BCUT2D eigenvalue weighted by molar-refractivity contribution is 0.171. The maximum absolute atomic E-state index is 10.1. The number of aliphatic hydroxyl groups excluding tert-OH is 1. The molecule has 2 atom stereocenters. The molecule has 1 heterocycles. The summed E-state index contributed by atoms with van der Waals surface area (Å²) >= 11 is 13.5. The molecule has 2 N–H and O–H groups in total. The van der Waals surface area contributed by atoms with E-state index in [0.717, 1.165) is 5.01 Å². The lowest BCUT2D eigenvalue weighted by atomic mass is 10.1. The van der Waals surface area contributed by atoms with Gasteiger partial charge in [-0.15, -0.1) is 11.3 Å². The molecule has 0 amide bonds. The maximum Gasteiger partial charge on any atom is 0.109 e. The summed E-state index contributed by atoms with van der Waals surface area (Å²) in [5.74, 6) is 0. The third-order valence-electron chi connectivity index (χ3n) is 2.76. The average molecular weight is 317 g/mol. The van der Waals surface area contributed by atoms with Crippen molar-refractivity contribution in [1.82, 2.24) is 10.3 Å². The van der Waals surface area contributed by atoms with Crippen molar-refractivity contribution in [2.45, 2.75) is 19.1 Å². The molecular weight excluding hydrogens is 303 g/mol. The van der Waals surface area contributed by atoms with Crippen LogP contribution in [-0.2, 0) is 0 Å². The Hall–Kier alpha value is -0.650. The SMILES string of the molecule is CC(NCC(O)c1cc(Cl)ccc1Cl)c1nccs1. The van der Waals surface area contributed by atoms with E-state index in [2.05, 4.69) is 10.3 Å². The van der Waals surface area contributed by atoms with E-state index in [-0.39, 0.29) is 6.04 Å². The zero-order valence-electron chi connectivity index (χ0n) is 10.3. The van der Waals surface area contributed by atoms with E-state index in [1.165, 1.54) is 0 Å². The van der Waals surface area contributed by atoms with Crippen LogP contribution in [-0.4, -0.2) is 16.6 Å². The van der Waals surface area contributed by atoms with Crippen molar-refractivity contribution in [2.24, 2.45) is 0 Å². The molecule has 3 nitrogen and oxygen atoms in total. The molecule has 0 spiro atoms. The molecule has 102 valence electrons. The van der Waals surface area contributed by atoms with Crippen LogP contribution in [0.2, 0.25) is 10.0 Å². The van der Waals surface area contributed by atoms with Gasteiger partial charge in [0.25, 0.3) is 0 Å². The molecule has 0 radical (unpaired) electrons. The highest BCUT2D eigenvalue weighted by Crippen LogP contribution is 2.26. The van der Waals surface area contributed by atoms with E-state index < -0.39 is 6.10 Å². The highest BCUT2D eigenvalue weighted by Gasteiger charge is 2.14. The van der Waals surface area contributed by atoms with Gasteiger partial charge in [-0.25, -0.2) is 4.98 Å². The number of hydrogen-bond acceptors (Lipinski definition) is 4. The summed E-state index contributed by atoms with van der Waals surface area (Å²) < 4.78 is 0. The van der Waals surface area contributed by atoms with Gasteiger partial charge in [0.05, 0.1) is 12.1 Å². The van der Waals surface area contributed by atoms with E-state index in [9.17, 15) is 5.11 Å². The molecule has 0 bridgehead atoms. The number of hydrogen-bond donors (Lipinski definition) is 2. The van der Waals surface area contributed by atoms with E-state index in [1.807, 2.05) is 12.3 Å². The zero-order chi connectivity index (χ0) is 13.8. The van der Waals surface area contributed by atoms with Crippen LogP contribution in [0.25, 0.3) is 0 Å². The normalized spacial score (nSPS) is 14.3. The fourth-order valence-electron chi connectivity index (χ4n) is 1.70. The summed E-state index contributed by atoms with van der Waals surface area (Å²) in [6.45, 7) is 2.39. The summed E-state index contributed by atoms with van der Waals surface area (Å²) in [6.07, 6.45) is 1.07. The van der Waals surface area contributed by atoms with Crippen LogP contribution in [0.15, 0.2) is 29.8 Å². The highest BCUT2D eigenvalue weighted by molar-refractivity contribution is 7.09. The molecular formula is C13H14Cl2N2OS. The van der Waals surface area contributed by atoms with E-state index in [1.54, 1.807) is 35.7 Å². The molecule has 0 fully saturated rings. The monoisotopic (exact) mass is 316 g/mol. The van der Waals surface area contributed by atoms with Gasteiger partial charge in [0.1, 0.15) is 5.01 Å². The minimum absolute atomic E-state index is 0.0904. The Kier molecular flexibility index (Phi) is 5.19. The van der Waals surface area contributed by atoms with Crippen molar-refractivity contribution < 1.29 is 5.11 Å². The number of aliphatic hydroxyl groups is 1. The third-order valence-corrected chi connectivity index (χ3v) is 4.29. The van der Waals surface area contributed by atoms with E-state index in [0.29, 0.717) is 22.2 Å². The number of thiazole rings is 1. The van der Waals surface area contributed by atoms with Gasteiger partial charge in [-0.05, 0) is 25.1 Å². The Balaban J connectivity index is 1.97. The third kappa shape index (κ3) is 3.91. The lowest BCUT2D eigenvalue weighted by Crippen LogP contribution is -2.24. The van der Waals surface area contributed by atoms with E-state index >= 15 is 0 Å². The molecule has 2 aromatic rings. The maximum atomic E-state index is 10.1. The second-order valence-corrected chi connectivity index (χ2v) is 5.95. The predicted molar refractivity (Wildman–Crippen MR) is 80.0 cm³/mol. The van der Waals surface area contributed by atoms with Gasteiger partial charge in [0, 0.05) is 33.7 Å². The van der Waals surface area contributed by atoms with Gasteiger partial charge in [-0.1, -0.05) is 23.2 Å². The first kappa shape index (κ1) is 14.8. The molecule has 2 unspecified atom stereocenters. The average Bonchev–Trinajstić information content (AvgIpc) is 2.92. The second-order valence-electron chi connectivity index (χ2n) is 4.18. The molecule has 1 aromatic heterocycles. The Morgan fingerprint density at radius 2 is 2.21 bits per heavy atom. The van der Waals surface area contributed by atoms with Crippen LogP contribution < -0.4 is 5.32 Å². The number of nitrogens with zero attached hydrogens (tertiary/aromatic N) is 1. The topological polar surface area (TPSA) is 45.1 Å². The number of benzene rings is 1. The Morgan fingerprint density at radius 3 is 2.89 bits per heavy atom. The lowest BCUT2D eigenvalue weighted by Gasteiger charge is -2.17. The van der Waals surface area contributed by atoms with Crippen molar-refractivity contribution in [3.05, 3.63) is 50.4 Å². The molecule has 1 aromatic carbocycles. The summed E-state index contributed by atoms with van der Waals surface area (Å²) in [5, 5.41) is 17.4. The predicted octanol–water partition coefficient (Wildman–Crippen LogP) is 3.83. The Bertz CT molecular complexity index is 533. The van der Waals surface area contributed by atoms with Gasteiger partial charge in [0.2, 0.25) is 0 Å². The van der Waals surface area contributed by atoms with Crippen LogP contribution in [0.1, 0.15) is 29.6 Å². The van der Waals surface area contributed by atoms with Crippen LogP contribution in [0.5, 0.6) is 0 Å². The number of rotatable bonds is 5. The second kappa shape index (κ2) is 6.68. The molecule has 0 aliphatic heterocycles. The van der Waals surface area contributed by atoms with Gasteiger partial charge in [-0.3, -0.25) is 0 Å². The molecule has 0 saturated heterocycles. The van der Waals surface area contributed by atoms with Crippen LogP contribution in [0.3, 0.4) is 0 Å². The van der Waals surface area contributed by atoms with Gasteiger partial charge in [-0.2, -0.15) is 0 Å². The molecule has 19 heavy (non-hydrogen) atoms. The molecule has 6 heteroatoms. The minimum atomic E-state index is -0.700. The number of aromatic nitrogens is 1. The first-order chi connectivity index (χ1) is 9.08. The van der Waals surface area contributed by atoms with Crippen LogP contribution in [0, 0.1) is 0 Å². The fraction of sp³-hybridized carbons (Fsp3) is 0.308. The van der Waals surface area contributed by atoms with Crippen LogP contribution in [0.4, 0.5) is 0 Å². The standard InChI is InChI=1S/C13H14Cl2N2OS/c1-8(13-16-4-5-19-13)17-7-12(18)10-6-9(14)2-3-11(10)15/h2-6,8,12,17-18H,7H2,1H3. The smallest absolute Gasteiger partial charge is 0.109 e. The zero-order valence-corrected chi connectivity index (χ0v) is 12.6. The molecule has 0 aliphatic rings. The molecule has 0 saturated carbocycles. The first-order valence-corrected chi connectivity index (χ1v) is 7.47. The largest absolute Gasteiger partial charge is 0.387 e. The summed E-state index contributed by atoms with van der Waals surface area (Å²) in [5.41, 5.74) is 0.632. The molecule has 2 rings (SSSR count). The number of halogens is 2. The molecule has 0 aliphatic carbocycles. The van der Waals surface area contributed by atoms with Gasteiger partial charge >= 0.3 is 0 Å². The Morgan fingerprint density at radius 1 is 1.42 bits per heavy atom. The van der Waals surface area contributed by atoms with Crippen molar-refractivity contribution in [3.63, 3.8) is 0 Å². The first-order valence-electron chi connectivity index (χ1n) is 5.83. The van der Waals surface area contributed by atoms with Gasteiger partial charge in [0.15, 0.2) is 0 Å². The van der Waals surface area contributed by atoms with Crippen molar-refractivity contribution in [3.8, 4) is 0 Å². The highest BCUT2D eigenvalue weighted by atomic mass is 35.5. The minimum Gasteiger partial charge on any atom is -0.387 e. The van der Waals surface area contributed by atoms with E-state index in [4.69, 9.17) is 23.2 Å². The summed E-state index contributed by atoms with van der Waals surface area (Å²) in [4.78, 5) is 4.23. The number of nitrogens with one attached hydrogen (secondary N) is 1. The van der Waals surface area contributed by atoms with Crippen LogP contribution >= 0.6 is 34.5 Å². The fourth-order valence-corrected chi connectivity index (χ4v) is 2.80.